The minimum Gasteiger partial charge on any atom is -0.504 e. The second-order valence-corrected chi connectivity index (χ2v) is 6.64. The standard InChI is InChI=1S/C18H22N2O6/c1-4-26-17(23)15-13(9-5-6-11(21)12(7-9)25-3)14-10(8-18(15,2)24)19-20-16(14)22/h5-7,13,15,21,24H,4,8H2,1-3H3,(H2,19,20,22)/t13-,15+,18-/m1/s1. The quantitative estimate of drug-likeness (QED) is 0.602. The van der Waals surface area contributed by atoms with Gasteiger partial charge in [0.05, 0.1) is 25.2 Å². The number of hydrogen-bond acceptors (Lipinski definition) is 6. The van der Waals surface area contributed by atoms with E-state index in [1.54, 1.807) is 26.0 Å². The Labute approximate surface area is 149 Å². The molecule has 1 heterocycles. The van der Waals surface area contributed by atoms with Gasteiger partial charge in [0, 0.05) is 23.6 Å². The van der Waals surface area contributed by atoms with Crippen LogP contribution in [-0.2, 0) is 16.0 Å². The van der Waals surface area contributed by atoms with Gasteiger partial charge in [0.25, 0.3) is 5.56 Å². The first kappa shape index (κ1) is 18.1. The molecule has 8 heteroatoms. The van der Waals surface area contributed by atoms with Gasteiger partial charge in [-0.3, -0.25) is 14.7 Å². The SMILES string of the molecule is CCOC(=O)[C@@H]1[C@H](c2ccc(O)c(OC)c2)c2c([nH][nH]c2=O)C[C@@]1(C)O. The van der Waals surface area contributed by atoms with Gasteiger partial charge < -0.3 is 24.8 Å². The minimum atomic E-state index is -1.43. The highest BCUT2D eigenvalue weighted by atomic mass is 16.5. The van der Waals surface area contributed by atoms with E-state index in [4.69, 9.17) is 9.47 Å². The molecule has 0 saturated heterocycles. The van der Waals surface area contributed by atoms with E-state index in [1.807, 2.05) is 0 Å². The maximum absolute atomic E-state index is 12.7. The van der Waals surface area contributed by atoms with Crippen molar-refractivity contribution in [2.24, 2.45) is 5.92 Å². The van der Waals surface area contributed by atoms with Crippen LogP contribution in [0.3, 0.4) is 0 Å². The summed E-state index contributed by atoms with van der Waals surface area (Å²) in [5.74, 6) is -2.17. The second kappa shape index (κ2) is 6.53. The van der Waals surface area contributed by atoms with Crippen LogP contribution in [0.5, 0.6) is 11.5 Å². The number of carbonyl (C=O) groups excluding carboxylic acids is 1. The summed E-state index contributed by atoms with van der Waals surface area (Å²) >= 11 is 0. The number of aromatic hydroxyl groups is 1. The minimum absolute atomic E-state index is 0.0605. The maximum Gasteiger partial charge on any atom is 0.312 e. The molecular weight excluding hydrogens is 340 g/mol. The number of aromatic nitrogens is 2. The Morgan fingerprint density at radius 3 is 2.77 bits per heavy atom. The lowest BCUT2D eigenvalue weighted by atomic mass is 9.66. The summed E-state index contributed by atoms with van der Waals surface area (Å²) in [6.07, 6.45) is 0.107. The van der Waals surface area contributed by atoms with E-state index in [1.165, 1.54) is 13.2 Å². The van der Waals surface area contributed by atoms with Gasteiger partial charge in [-0.25, -0.2) is 0 Å². The number of phenolic OH excluding ortho intramolecular Hbond substituents is 1. The lowest BCUT2D eigenvalue weighted by Gasteiger charge is -2.40. The van der Waals surface area contributed by atoms with E-state index in [-0.39, 0.29) is 30.1 Å². The fourth-order valence-corrected chi connectivity index (χ4v) is 3.73. The average molecular weight is 362 g/mol. The molecule has 4 N–H and O–H groups in total. The Morgan fingerprint density at radius 1 is 1.38 bits per heavy atom. The Bertz CT molecular complexity index is 882. The van der Waals surface area contributed by atoms with Crippen molar-refractivity contribution in [1.29, 1.82) is 0 Å². The molecule has 1 aromatic carbocycles. The molecule has 26 heavy (non-hydrogen) atoms. The molecule has 0 saturated carbocycles. The van der Waals surface area contributed by atoms with Crippen LogP contribution in [0.15, 0.2) is 23.0 Å². The number of phenols is 1. The number of aromatic amines is 2. The van der Waals surface area contributed by atoms with E-state index in [2.05, 4.69) is 10.2 Å². The molecular formula is C18H22N2O6. The summed E-state index contributed by atoms with van der Waals surface area (Å²) in [6, 6.07) is 4.59. The van der Waals surface area contributed by atoms with Crippen molar-refractivity contribution in [2.75, 3.05) is 13.7 Å². The Hall–Kier alpha value is -2.74. The molecule has 0 aliphatic heterocycles. The van der Waals surface area contributed by atoms with Gasteiger partial charge >= 0.3 is 5.97 Å². The molecule has 8 nitrogen and oxygen atoms in total. The number of nitrogens with one attached hydrogen (secondary N) is 2. The molecule has 0 spiro atoms. The van der Waals surface area contributed by atoms with Crippen molar-refractivity contribution in [2.45, 2.75) is 31.8 Å². The van der Waals surface area contributed by atoms with Crippen molar-refractivity contribution in [3.63, 3.8) is 0 Å². The van der Waals surface area contributed by atoms with Crippen LogP contribution in [0.4, 0.5) is 0 Å². The fourth-order valence-electron chi connectivity index (χ4n) is 3.73. The molecule has 0 unspecified atom stereocenters. The number of benzene rings is 1. The van der Waals surface area contributed by atoms with Crippen molar-refractivity contribution in [1.82, 2.24) is 10.2 Å². The number of rotatable bonds is 4. The predicted octanol–water partition coefficient (Wildman–Crippen LogP) is 1.04. The molecule has 3 rings (SSSR count). The first-order valence-corrected chi connectivity index (χ1v) is 8.35. The molecule has 0 fully saturated rings. The number of carbonyl (C=O) groups is 1. The third-order valence-corrected chi connectivity index (χ3v) is 4.85. The smallest absolute Gasteiger partial charge is 0.312 e. The van der Waals surface area contributed by atoms with Gasteiger partial charge in [-0.1, -0.05) is 6.07 Å². The van der Waals surface area contributed by atoms with E-state index in [9.17, 15) is 19.8 Å². The van der Waals surface area contributed by atoms with Crippen molar-refractivity contribution < 1.29 is 24.5 Å². The molecule has 3 atom stereocenters. The zero-order valence-corrected chi connectivity index (χ0v) is 14.8. The van der Waals surface area contributed by atoms with Gasteiger partial charge in [0.2, 0.25) is 0 Å². The van der Waals surface area contributed by atoms with Gasteiger partial charge in [-0.05, 0) is 31.5 Å². The van der Waals surface area contributed by atoms with Gasteiger partial charge in [-0.2, -0.15) is 0 Å². The lowest BCUT2D eigenvalue weighted by Crippen LogP contribution is -2.50. The molecule has 140 valence electrons. The Balaban J connectivity index is 2.23. The topological polar surface area (TPSA) is 125 Å². The first-order valence-electron chi connectivity index (χ1n) is 8.35. The summed E-state index contributed by atoms with van der Waals surface area (Å²) in [5, 5.41) is 26.2. The highest BCUT2D eigenvalue weighted by Gasteiger charge is 2.51. The number of methoxy groups -OCH3 is 1. The lowest BCUT2D eigenvalue weighted by molar-refractivity contribution is -0.159. The summed E-state index contributed by atoms with van der Waals surface area (Å²) in [5.41, 5.74) is -0.314. The van der Waals surface area contributed by atoms with Crippen LogP contribution in [-0.4, -0.2) is 45.7 Å². The molecule has 1 aliphatic rings. The molecule has 0 amide bonds. The summed E-state index contributed by atoms with van der Waals surface area (Å²) in [6.45, 7) is 3.39. The van der Waals surface area contributed by atoms with Crippen LogP contribution >= 0.6 is 0 Å². The Kier molecular flexibility index (Phi) is 4.53. The van der Waals surface area contributed by atoms with Crippen LogP contribution in [0.1, 0.15) is 36.6 Å². The highest BCUT2D eigenvalue weighted by Crippen LogP contribution is 2.45. The largest absolute Gasteiger partial charge is 0.504 e. The fraction of sp³-hybridized carbons (Fsp3) is 0.444. The zero-order valence-electron chi connectivity index (χ0n) is 14.8. The van der Waals surface area contributed by atoms with Crippen LogP contribution in [0.2, 0.25) is 0 Å². The number of esters is 1. The van der Waals surface area contributed by atoms with E-state index >= 15 is 0 Å². The summed E-state index contributed by atoms with van der Waals surface area (Å²) in [4.78, 5) is 25.1. The first-order chi connectivity index (χ1) is 12.3. The molecule has 0 bridgehead atoms. The van der Waals surface area contributed by atoms with Gasteiger partial charge in [0.15, 0.2) is 11.5 Å². The van der Waals surface area contributed by atoms with E-state index < -0.39 is 23.4 Å². The maximum atomic E-state index is 12.7. The highest BCUT2D eigenvalue weighted by molar-refractivity contribution is 5.77. The normalized spacial score (nSPS) is 24.8. The number of ether oxygens (including phenoxy) is 2. The average Bonchev–Trinajstić information content (AvgIpc) is 2.93. The second-order valence-electron chi connectivity index (χ2n) is 6.64. The number of H-pyrrole nitrogens is 2. The van der Waals surface area contributed by atoms with Crippen LogP contribution < -0.4 is 10.3 Å². The van der Waals surface area contributed by atoms with Gasteiger partial charge in [0.1, 0.15) is 0 Å². The van der Waals surface area contributed by atoms with Crippen molar-refractivity contribution >= 4 is 5.97 Å². The van der Waals surface area contributed by atoms with Crippen molar-refractivity contribution in [3.8, 4) is 11.5 Å². The number of hydrogen-bond donors (Lipinski definition) is 4. The molecule has 2 aromatic rings. The third-order valence-electron chi connectivity index (χ3n) is 4.85. The van der Waals surface area contributed by atoms with Crippen LogP contribution in [0.25, 0.3) is 0 Å². The van der Waals surface area contributed by atoms with Crippen molar-refractivity contribution in [3.05, 3.63) is 45.4 Å². The molecule has 0 radical (unpaired) electrons. The summed E-state index contributed by atoms with van der Waals surface area (Å²) < 4.78 is 10.3. The van der Waals surface area contributed by atoms with E-state index in [0.717, 1.165) is 0 Å². The van der Waals surface area contributed by atoms with E-state index in [0.29, 0.717) is 16.8 Å². The number of aliphatic hydroxyl groups is 1. The zero-order chi connectivity index (χ0) is 19.1. The van der Waals surface area contributed by atoms with Crippen LogP contribution in [0, 0.1) is 5.92 Å². The van der Waals surface area contributed by atoms with Gasteiger partial charge in [-0.15, -0.1) is 0 Å². The molecule has 1 aromatic heterocycles. The Morgan fingerprint density at radius 2 is 2.12 bits per heavy atom. The third kappa shape index (κ3) is 2.86. The summed E-state index contributed by atoms with van der Waals surface area (Å²) in [7, 11) is 1.41. The predicted molar refractivity (Wildman–Crippen MR) is 92.4 cm³/mol. The monoisotopic (exact) mass is 362 g/mol. The molecule has 1 aliphatic carbocycles. The number of fused-ring (bicyclic) bond motifs is 1.